The molecule has 144 valence electrons. The maximum absolute atomic E-state index is 4.75. The molecule has 0 radical (unpaired) electrons. The minimum absolute atomic E-state index is 0. The fourth-order valence-corrected chi connectivity index (χ4v) is 3.08. The number of hydrogen-bond acceptors (Lipinski definition) is 4. The molecule has 2 aromatic rings. The van der Waals surface area contributed by atoms with Crippen LogP contribution in [0.4, 0.5) is 0 Å². The molecule has 0 saturated heterocycles. The predicted molar refractivity (Wildman–Crippen MR) is 112 cm³/mol. The molecule has 8 nitrogen and oxygen atoms in total. The quantitative estimate of drug-likeness (QED) is 0.396. The zero-order chi connectivity index (χ0) is 17.6. The lowest BCUT2D eigenvalue weighted by Gasteiger charge is -2.25. The van der Waals surface area contributed by atoms with Crippen molar-refractivity contribution in [3.8, 4) is 0 Å². The SMILES string of the molecule is Cc1nnc(CNC(=NCc2ccnn2C)NC2CCCCC2)n1C.I. The van der Waals surface area contributed by atoms with Crippen molar-refractivity contribution in [1.82, 2.24) is 35.2 Å². The fraction of sp³-hybridized carbons (Fsp3) is 0.647. The predicted octanol–water partition coefficient (Wildman–Crippen LogP) is 2.04. The normalized spacial score (nSPS) is 15.6. The van der Waals surface area contributed by atoms with Crippen LogP contribution < -0.4 is 10.6 Å². The molecule has 2 heterocycles. The molecule has 2 N–H and O–H groups in total. The molecule has 0 spiro atoms. The molecular weight excluding hydrogens is 443 g/mol. The van der Waals surface area contributed by atoms with Gasteiger partial charge in [-0.3, -0.25) is 4.68 Å². The van der Waals surface area contributed by atoms with Gasteiger partial charge in [-0.25, -0.2) is 4.99 Å². The average molecular weight is 472 g/mol. The van der Waals surface area contributed by atoms with Crippen molar-refractivity contribution in [2.24, 2.45) is 19.1 Å². The lowest BCUT2D eigenvalue weighted by Crippen LogP contribution is -2.44. The van der Waals surface area contributed by atoms with E-state index in [0.717, 1.165) is 23.3 Å². The molecule has 0 atom stereocenters. The number of aliphatic imine (C=N–C) groups is 1. The van der Waals surface area contributed by atoms with E-state index in [4.69, 9.17) is 4.99 Å². The zero-order valence-corrected chi connectivity index (χ0v) is 18.1. The largest absolute Gasteiger partial charge is 0.354 e. The van der Waals surface area contributed by atoms with Gasteiger partial charge in [0.25, 0.3) is 0 Å². The second kappa shape index (κ2) is 9.89. The Morgan fingerprint density at radius 1 is 1.23 bits per heavy atom. The summed E-state index contributed by atoms with van der Waals surface area (Å²) in [5.41, 5.74) is 1.08. The summed E-state index contributed by atoms with van der Waals surface area (Å²) in [6.07, 6.45) is 8.12. The van der Waals surface area contributed by atoms with Crippen molar-refractivity contribution < 1.29 is 0 Å². The van der Waals surface area contributed by atoms with Crippen LogP contribution in [-0.2, 0) is 27.2 Å². The summed E-state index contributed by atoms with van der Waals surface area (Å²) in [5.74, 6) is 2.63. The third kappa shape index (κ3) is 5.42. The van der Waals surface area contributed by atoms with E-state index in [-0.39, 0.29) is 24.0 Å². The Balaban J connectivity index is 0.00000243. The summed E-state index contributed by atoms with van der Waals surface area (Å²) < 4.78 is 3.85. The maximum atomic E-state index is 4.75. The van der Waals surface area contributed by atoms with Gasteiger partial charge in [-0.15, -0.1) is 34.2 Å². The van der Waals surface area contributed by atoms with Crippen LogP contribution >= 0.6 is 24.0 Å². The van der Waals surface area contributed by atoms with Gasteiger partial charge in [0, 0.05) is 26.3 Å². The van der Waals surface area contributed by atoms with Crippen LogP contribution in [-0.4, -0.2) is 36.5 Å². The van der Waals surface area contributed by atoms with E-state index in [2.05, 4.69) is 25.9 Å². The number of aromatic nitrogens is 5. The van der Waals surface area contributed by atoms with Gasteiger partial charge in [-0.05, 0) is 25.8 Å². The second-order valence-electron chi connectivity index (χ2n) is 6.67. The molecule has 1 aliphatic carbocycles. The van der Waals surface area contributed by atoms with E-state index in [9.17, 15) is 0 Å². The third-order valence-electron chi connectivity index (χ3n) is 4.86. The van der Waals surface area contributed by atoms with Gasteiger partial charge < -0.3 is 15.2 Å². The van der Waals surface area contributed by atoms with Crippen LogP contribution in [0.3, 0.4) is 0 Å². The molecule has 26 heavy (non-hydrogen) atoms. The summed E-state index contributed by atoms with van der Waals surface area (Å²) in [6.45, 7) is 3.14. The Hall–Kier alpha value is -1.65. The molecule has 0 amide bonds. The first-order valence-corrected chi connectivity index (χ1v) is 9.00. The number of guanidine groups is 1. The van der Waals surface area contributed by atoms with Gasteiger partial charge in [-0.2, -0.15) is 5.10 Å². The Morgan fingerprint density at radius 2 is 2.00 bits per heavy atom. The number of aryl methyl sites for hydroxylation is 2. The first-order valence-electron chi connectivity index (χ1n) is 9.00. The minimum atomic E-state index is 0. The second-order valence-corrected chi connectivity index (χ2v) is 6.67. The molecule has 2 aromatic heterocycles. The van der Waals surface area contributed by atoms with Gasteiger partial charge >= 0.3 is 0 Å². The van der Waals surface area contributed by atoms with E-state index in [0.29, 0.717) is 19.1 Å². The van der Waals surface area contributed by atoms with E-state index in [1.54, 1.807) is 6.20 Å². The van der Waals surface area contributed by atoms with Crippen molar-refractivity contribution in [2.75, 3.05) is 0 Å². The van der Waals surface area contributed by atoms with E-state index in [1.807, 2.05) is 36.3 Å². The van der Waals surface area contributed by atoms with Gasteiger partial charge in [-0.1, -0.05) is 19.3 Å². The number of rotatable bonds is 5. The lowest BCUT2D eigenvalue weighted by molar-refractivity contribution is 0.409. The minimum Gasteiger partial charge on any atom is -0.354 e. The van der Waals surface area contributed by atoms with Gasteiger partial charge in [0.05, 0.1) is 18.8 Å². The van der Waals surface area contributed by atoms with Gasteiger partial charge in [0.1, 0.15) is 5.82 Å². The Bertz CT molecular complexity index is 714. The first kappa shape index (κ1) is 20.7. The average Bonchev–Trinajstić information content (AvgIpc) is 3.17. The van der Waals surface area contributed by atoms with E-state index >= 15 is 0 Å². The molecule has 0 bridgehead atoms. The van der Waals surface area contributed by atoms with Crippen molar-refractivity contribution in [3.63, 3.8) is 0 Å². The third-order valence-corrected chi connectivity index (χ3v) is 4.86. The molecule has 0 aromatic carbocycles. The molecule has 1 fully saturated rings. The summed E-state index contributed by atoms with van der Waals surface area (Å²) in [4.78, 5) is 4.75. The standard InChI is InChI=1S/C17H28N8.HI/c1-13-22-23-16(24(13)2)12-19-17(21-14-7-5-4-6-8-14)18-11-15-9-10-20-25(15)3;/h9-10,14H,4-8,11-12H2,1-3H3,(H2,18,19,21);1H. The molecule has 0 unspecified atom stereocenters. The maximum Gasteiger partial charge on any atom is 0.192 e. The lowest BCUT2D eigenvalue weighted by atomic mass is 9.96. The van der Waals surface area contributed by atoms with Crippen LogP contribution in [0.15, 0.2) is 17.3 Å². The summed E-state index contributed by atoms with van der Waals surface area (Å²) >= 11 is 0. The Morgan fingerprint density at radius 3 is 2.62 bits per heavy atom. The smallest absolute Gasteiger partial charge is 0.192 e. The molecule has 3 rings (SSSR count). The molecule has 0 aliphatic heterocycles. The number of nitrogens with zero attached hydrogens (tertiary/aromatic N) is 6. The van der Waals surface area contributed by atoms with Crippen LogP contribution in [0.25, 0.3) is 0 Å². The van der Waals surface area contributed by atoms with Crippen LogP contribution in [0, 0.1) is 6.92 Å². The van der Waals surface area contributed by atoms with Crippen molar-refractivity contribution in [2.45, 2.75) is 58.2 Å². The van der Waals surface area contributed by atoms with Crippen LogP contribution in [0.1, 0.15) is 49.4 Å². The van der Waals surface area contributed by atoms with Crippen molar-refractivity contribution in [1.29, 1.82) is 0 Å². The molecule has 9 heteroatoms. The summed E-state index contributed by atoms with van der Waals surface area (Å²) in [6, 6.07) is 2.49. The Labute approximate surface area is 171 Å². The zero-order valence-electron chi connectivity index (χ0n) is 15.8. The number of halogens is 1. The van der Waals surface area contributed by atoms with Crippen molar-refractivity contribution >= 4 is 29.9 Å². The van der Waals surface area contributed by atoms with Crippen LogP contribution in [0.2, 0.25) is 0 Å². The monoisotopic (exact) mass is 472 g/mol. The number of nitrogens with one attached hydrogen (secondary N) is 2. The summed E-state index contributed by atoms with van der Waals surface area (Å²) in [5, 5.41) is 19.5. The van der Waals surface area contributed by atoms with Gasteiger partial charge in [0.2, 0.25) is 0 Å². The van der Waals surface area contributed by atoms with Gasteiger partial charge in [0.15, 0.2) is 11.8 Å². The molecular formula is C17H29IN8. The van der Waals surface area contributed by atoms with E-state index < -0.39 is 0 Å². The first-order chi connectivity index (χ1) is 12.1. The van der Waals surface area contributed by atoms with E-state index in [1.165, 1.54) is 32.1 Å². The number of hydrogen-bond donors (Lipinski definition) is 2. The molecule has 1 aliphatic rings. The fourth-order valence-electron chi connectivity index (χ4n) is 3.08. The topological polar surface area (TPSA) is 85.0 Å². The highest BCUT2D eigenvalue weighted by atomic mass is 127. The highest BCUT2D eigenvalue weighted by Gasteiger charge is 2.15. The molecule has 1 saturated carbocycles. The summed E-state index contributed by atoms with van der Waals surface area (Å²) in [7, 11) is 3.92. The van der Waals surface area contributed by atoms with Crippen molar-refractivity contribution in [3.05, 3.63) is 29.6 Å². The highest BCUT2D eigenvalue weighted by molar-refractivity contribution is 14.0. The van der Waals surface area contributed by atoms with Crippen LogP contribution in [0.5, 0.6) is 0 Å². The Kier molecular flexibility index (Phi) is 7.85. The highest BCUT2D eigenvalue weighted by Crippen LogP contribution is 2.17.